The normalized spacial score (nSPS) is 17.2. The number of Topliss-reactive ketones (excluding diaryl/α,β-unsaturated/α-hetero) is 1. The second-order valence-corrected chi connectivity index (χ2v) is 7.19. The van der Waals surface area contributed by atoms with Gasteiger partial charge in [-0.3, -0.25) is 19.5 Å². The molecule has 1 saturated heterocycles. The number of aromatic nitrogens is 1. The SMILES string of the molecule is COc1ccc(/C(O)=C2/C(=O)C(=O)N(c3ccccc3OC)C2c2ccncc2)cc1OC. The average molecular weight is 446 g/mol. The summed E-state index contributed by atoms with van der Waals surface area (Å²) in [7, 11) is 4.46. The topological polar surface area (TPSA) is 98.2 Å². The molecule has 4 rings (SSSR count). The lowest BCUT2D eigenvalue weighted by atomic mass is 9.95. The summed E-state index contributed by atoms with van der Waals surface area (Å²) >= 11 is 0. The van der Waals surface area contributed by atoms with Crippen LogP contribution in [0.25, 0.3) is 5.76 Å². The highest BCUT2D eigenvalue weighted by molar-refractivity contribution is 6.51. The van der Waals surface area contributed by atoms with Gasteiger partial charge in [0.25, 0.3) is 11.7 Å². The molecule has 1 aliphatic heterocycles. The average Bonchev–Trinajstić information content (AvgIpc) is 3.13. The first-order chi connectivity index (χ1) is 16.0. The number of amides is 1. The van der Waals surface area contributed by atoms with Gasteiger partial charge in [0.15, 0.2) is 11.5 Å². The third kappa shape index (κ3) is 3.76. The molecule has 0 spiro atoms. The Morgan fingerprint density at radius 1 is 0.879 bits per heavy atom. The molecule has 1 aromatic heterocycles. The number of para-hydroxylation sites is 2. The number of pyridine rings is 1. The number of carbonyl (C=O) groups excluding carboxylic acids is 2. The number of hydrogen-bond acceptors (Lipinski definition) is 7. The van der Waals surface area contributed by atoms with Crippen molar-refractivity contribution in [3.63, 3.8) is 0 Å². The number of nitrogens with zero attached hydrogens (tertiary/aromatic N) is 2. The molecule has 33 heavy (non-hydrogen) atoms. The van der Waals surface area contributed by atoms with Crippen molar-refractivity contribution in [1.29, 1.82) is 0 Å². The van der Waals surface area contributed by atoms with Crippen LogP contribution in [0.1, 0.15) is 17.2 Å². The second kappa shape index (κ2) is 9.04. The van der Waals surface area contributed by atoms with Gasteiger partial charge in [0.1, 0.15) is 11.5 Å². The second-order valence-electron chi connectivity index (χ2n) is 7.19. The van der Waals surface area contributed by atoms with Gasteiger partial charge in [-0.2, -0.15) is 0 Å². The number of ether oxygens (including phenoxy) is 3. The maximum atomic E-state index is 13.2. The number of benzene rings is 2. The van der Waals surface area contributed by atoms with Gasteiger partial charge < -0.3 is 19.3 Å². The predicted molar refractivity (Wildman–Crippen MR) is 122 cm³/mol. The van der Waals surface area contributed by atoms with E-state index in [2.05, 4.69) is 4.98 Å². The molecule has 8 heteroatoms. The molecular formula is C25H22N2O6. The third-order valence-corrected chi connectivity index (χ3v) is 5.47. The Balaban J connectivity index is 1.95. The lowest BCUT2D eigenvalue weighted by Crippen LogP contribution is -2.29. The lowest BCUT2D eigenvalue weighted by molar-refractivity contribution is -0.132. The number of hydrogen-bond donors (Lipinski definition) is 1. The van der Waals surface area contributed by atoms with Gasteiger partial charge in [0.05, 0.1) is 38.6 Å². The van der Waals surface area contributed by atoms with Crippen LogP contribution in [0.5, 0.6) is 17.2 Å². The Hall–Kier alpha value is -4.33. The quantitative estimate of drug-likeness (QED) is 0.350. The first-order valence-electron chi connectivity index (χ1n) is 10.1. The smallest absolute Gasteiger partial charge is 0.300 e. The summed E-state index contributed by atoms with van der Waals surface area (Å²) in [4.78, 5) is 31.9. The van der Waals surface area contributed by atoms with Gasteiger partial charge in [0, 0.05) is 18.0 Å². The van der Waals surface area contributed by atoms with Crippen LogP contribution in [0.3, 0.4) is 0 Å². The highest BCUT2D eigenvalue weighted by Crippen LogP contribution is 2.45. The maximum Gasteiger partial charge on any atom is 0.300 e. The van der Waals surface area contributed by atoms with Crippen molar-refractivity contribution in [1.82, 2.24) is 4.98 Å². The fourth-order valence-electron chi connectivity index (χ4n) is 3.91. The van der Waals surface area contributed by atoms with Crippen molar-refractivity contribution < 1.29 is 28.9 Å². The zero-order chi connectivity index (χ0) is 23.5. The molecule has 0 saturated carbocycles. The molecule has 1 fully saturated rings. The van der Waals surface area contributed by atoms with Crippen LogP contribution in [0.4, 0.5) is 5.69 Å². The third-order valence-electron chi connectivity index (χ3n) is 5.47. The molecule has 8 nitrogen and oxygen atoms in total. The van der Waals surface area contributed by atoms with Crippen molar-refractivity contribution in [2.45, 2.75) is 6.04 Å². The minimum Gasteiger partial charge on any atom is -0.507 e. The van der Waals surface area contributed by atoms with Gasteiger partial charge in [0.2, 0.25) is 0 Å². The predicted octanol–water partition coefficient (Wildman–Crippen LogP) is 3.73. The van der Waals surface area contributed by atoms with Crippen molar-refractivity contribution in [2.75, 3.05) is 26.2 Å². The van der Waals surface area contributed by atoms with E-state index < -0.39 is 17.7 Å². The molecular weight excluding hydrogens is 424 g/mol. The first-order valence-corrected chi connectivity index (χ1v) is 10.1. The Morgan fingerprint density at radius 3 is 2.21 bits per heavy atom. The van der Waals surface area contributed by atoms with Gasteiger partial charge in [-0.15, -0.1) is 0 Å². The van der Waals surface area contributed by atoms with Crippen molar-refractivity contribution in [3.8, 4) is 17.2 Å². The molecule has 168 valence electrons. The van der Waals surface area contributed by atoms with Crippen LogP contribution in [0, 0.1) is 0 Å². The maximum absolute atomic E-state index is 13.2. The first kappa shape index (κ1) is 21.9. The zero-order valence-corrected chi connectivity index (χ0v) is 18.3. The molecule has 0 bridgehead atoms. The largest absolute Gasteiger partial charge is 0.507 e. The lowest BCUT2D eigenvalue weighted by Gasteiger charge is -2.26. The molecule has 1 aliphatic rings. The van der Waals surface area contributed by atoms with Crippen molar-refractivity contribution >= 4 is 23.1 Å². The van der Waals surface area contributed by atoms with Crippen LogP contribution >= 0.6 is 0 Å². The minimum absolute atomic E-state index is 0.0515. The summed E-state index contributed by atoms with van der Waals surface area (Å²) in [5, 5.41) is 11.3. The van der Waals surface area contributed by atoms with E-state index in [9.17, 15) is 14.7 Å². The standard InChI is InChI=1S/C25H22N2O6/c1-31-18-7-5-4-6-17(18)27-22(15-10-12-26-13-11-15)21(24(29)25(27)30)23(28)16-8-9-19(32-2)20(14-16)33-3/h4-14,22,28H,1-3H3/b23-21-. The number of anilines is 1. The molecule has 2 aromatic carbocycles. The van der Waals surface area contributed by atoms with Gasteiger partial charge >= 0.3 is 0 Å². The molecule has 3 aromatic rings. The van der Waals surface area contributed by atoms with Crippen LogP contribution in [0.2, 0.25) is 0 Å². The fourth-order valence-corrected chi connectivity index (χ4v) is 3.91. The molecule has 1 unspecified atom stereocenters. The highest BCUT2D eigenvalue weighted by atomic mass is 16.5. The summed E-state index contributed by atoms with van der Waals surface area (Å²) in [6, 6.07) is 14.2. The number of carbonyl (C=O) groups is 2. The van der Waals surface area contributed by atoms with E-state index in [4.69, 9.17) is 14.2 Å². The number of methoxy groups -OCH3 is 3. The number of ketones is 1. The van der Waals surface area contributed by atoms with Crippen LogP contribution in [-0.2, 0) is 9.59 Å². The zero-order valence-electron chi connectivity index (χ0n) is 18.3. The van der Waals surface area contributed by atoms with E-state index in [1.165, 1.54) is 26.2 Å². The summed E-state index contributed by atoms with van der Waals surface area (Å²) in [6.45, 7) is 0. The highest BCUT2D eigenvalue weighted by Gasteiger charge is 2.47. The Morgan fingerprint density at radius 2 is 1.55 bits per heavy atom. The summed E-state index contributed by atoms with van der Waals surface area (Å²) in [5.41, 5.74) is 1.28. The molecule has 1 N–H and O–H groups in total. The van der Waals surface area contributed by atoms with Crippen molar-refractivity contribution in [2.24, 2.45) is 0 Å². The van der Waals surface area contributed by atoms with Gasteiger partial charge in [-0.05, 0) is 48.0 Å². The molecule has 0 aliphatic carbocycles. The molecule has 1 amide bonds. The van der Waals surface area contributed by atoms with Crippen LogP contribution < -0.4 is 19.1 Å². The fraction of sp³-hybridized carbons (Fsp3) is 0.160. The van der Waals surface area contributed by atoms with E-state index in [0.717, 1.165) is 0 Å². The molecule has 2 heterocycles. The van der Waals surface area contributed by atoms with Crippen LogP contribution in [0.15, 0.2) is 72.6 Å². The Labute approximate surface area is 190 Å². The summed E-state index contributed by atoms with van der Waals surface area (Å²) in [6.07, 6.45) is 3.13. The number of aliphatic hydroxyl groups excluding tert-OH is 1. The van der Waals surface area contributed by atoms with E-state index in [1.807, 2.05) is 0 Å². The Kier molecular flexibility index (Phi) is 5.99. The van der Waals surface area contributed by atoms with Gasteiger partial charge in [-0.25, -0.2) is 0 Å². The van der Waals surface area contributed by atoms with E-state index in [0.29, 0.717) is 34.1 Å². The Bertz CT molecular complexity index is 1240. The number of rotatable bonds is 6. The summed E-state index contributed by atoms with van der Waals surface area (Å²) in [5.74, 6) is -0.647. The van der Waals surface area contributed by atoms with Crippen molar-refractivity contribution in [3.05, 3.63) is 83.7 Å². The van der Waals surface area contributed by atoms with E-state index in [1.54, 1.807) is 67.0 Å². The van der Waals surface area contributed by atoms with Crippen LogP contribution in [-0.4, -0.2) is 43.1 Å². The molecule has 1 atom stereocenters. The minimum atomic E-state index is -0.891. The van der Waals surface area contributed by atoms with Gasteiger partial charge in [-0.1, -0.05) is 12.1 Å². The number of aliphatic hydroxyl groups is 1. The summed E-state index contributed by atoms with van der Waals surface area (Å²) < 4.78 is 16.0. The molecule has 0 radical (unpaired) electrons. The van der Waals surface area contributed by atoms with E-state index >= 15 is 0 Å². The van der Waals surface area contributed by atoms with E-state index in [-0.39, 0.29) is 11.3 Å². The monoisotopic (exact) mass is 446 g/mol.